The zero-order valence-electron chi connectivity index (χ0n) is 17.0. The predicted molar refractivity (Wildman–Crippen MR) is 113 cm³/mol. The molecule has 3 rings (SSSR count). The van der Waals surface area contributed by atoms with E-state index in [0.29, 0.717) is 16.7 Å². The van der Waals surface area contributed by atoms with Crippen LogP contribution in [0.25, 0.3) is 0 Å². The van der Waals surface area contributed by atoms with Crippen molar-refractivity contribution in [2.75, 3.05) is 37.2 Å². The van der Waals surface area contributed by atoms with Crippen LogP contribution in [0.5, 0.6) is 0 Å². The van der Waals surface area contributed by atoms with Crippen LogP contribution in [0.15, 0.2) is 40.7 Å². The lowest BCUT2D eigenvalue weighted by atomic mass is 9.95. The summed E-state index contributed by atoms with van der Waals surface area (Å²) in [4.78, 5) is 19.2. The monoisotopic (exact) mass is 401 g/mol. The molecule has 0 amide bonds. The number of nitrogens with one attached hydrogen (secondary N) is 1. The van der Waals surface area contributed by atoms with Crippen LogP contribution in [0.3, 0.4) is 0 Å². The Bertz CT molecular complexity index is 873. The predicted octanol–water partition coefficient (Wildman–Crippen LogP) is 3.70. The highest BCUT2D eigenvalue weighted by Gasteiger charge is 2.34. The second kappa shape index (κ2) is 8.68. The van der Waals surface area contributed by atoms with Gasteiger partial charge < -0.3 is 15.0 Å². The van der Waals surface area contributed by atoms with Crippen molar-refractivity contribution < 1.29 is 9.53 Å². The summed E-state index contributed by atoms with van der Waals surface area (Å²) >= 11 is 1.63. The molecule has 8 heteroatoms. The summed E-state index contributed by atoms with van der Waals surface area (Å²) in [5.41, 5.74) is 3.33. The average Bonchev–Trinajstić information content (AvgIpc) is 3.08. The SMILES string of the molecule is CCCCSc1nc2n(n1)C(c1ccc(N(C)C)cc1)C(C(=O)OC)=C(C)N2. The molecule has 0 bridgehead atoms. The van der Waals surface area contributed by atoms with Crippen molar-refractivity contribution in [3.8, 4) is 0 Å². The highest BCUT2D eigenvalue weighted by molar-refractivity contribution is 7.99. The minimum atomic E-state index is -0.382. The van der Waals surface area contributed by atoms with Crippen LogP contribution < -0.4 is 10.2 Å². The second-order valence-electron chi connectivity index (χ2n) is 6.91. The molecule has 1 N–H and O–H groups in total. The molecule has 1 aromatic carbocycles. The highest BCUT2D eigenvalue weighted by Crippen LogP contribution is 2.37. The number of aromatic nitrogens is 3. The summed E-state index contributed by atoms with van der Waals surface area (Å²) in [6.07, 6.45) is 2.24. The van der Waals surface area contributed by atoms with E-state index in [9.17, 15) is 4.79 Å². The summed E-state index contributed by atoms with van der Waals surface area (Å²) in [6, 6.07) is 7.74. The third-order valence-corrected chi connectivity index (χ3v) is 5.62. The molecule has 1 unspecified atom stereocenters. The normalized spacial score (nSPS) is 15.8. The van der Waals surface area contributed by atoms with Crippen molar-refractivity contribution >= 4 is 29.4 Å². The lowest BCUT2D eigenvalue weighted by Crippen LogP contribution is -2.29. The van der Waals surface area contributed by atoms with Gasteiger partial charge in [-0.3, -0.25) is 0 Å². The van der Waals surface area contributed by atoms with Gasteiger partial charge in [-0.2, -0.15) is 4.98 Å². The standard InChI is InChI=1S/C20H27N5O2S/c1-6-7-12-28-20-22-19-21-13(2)16(18(26)27-5)17(25(19)23-20)14-8-10-15(11-9-14)24(3)4/h8-11,17H,6-7,12H2,1-5H3,(H,21,22,23). The van der Waals surface area contributed by atoms with Gasteiger partial charge in [0.1, 0.15) is 6.04 Å². The van der Waals surface area contributed by atoms with Crippen molar-refractivity contribution in [3.05, 3.63) is 41.1 Å². The fourth-order valence-electron chi connectivity index (χ4n) is 3.14. The first kappa shape index (κ1) is 20.3. The van der Waals surface area contributed by atoms with E-state index in [1.807, 2.05) is 50.2 Å². The lowest BCUT2D eigenvalue weighted by molar-refractivity contribution is -0.136. The Hall–Kier alpha value is -2.48. The topological polar surface area (TPSA) is 72.3 Å². The Labute approximate surface area is 170 Å². The molecule has 0 spiro atoms. The quantitative estimate of drug-likeness (QED) is 0.431. The maximum atomic E-state index is 12.6. The zero-order valence-corrected chi connectivity index (χ0v) is 17.8. The number of methoxy groups -OCH3 is 1. The number of esters is 1. The van der Waals surface area contributed by atoms with E-state index in [2.05, 4.69) is 17.2 Å². The van der Waals surface area contributed by atoms with Crippen LogP contribution in [0, 0.1) is 0 Å². The molecule has 1 aliphatic rings. The molecule has 1 atom stereocenters. The molecular formula is C20H27N5O2S. The number of carbonyl (C=O) groups excluding carboxylic acids is 1. The van der Waals surface area contributed by atoms with Gasteiger partial charge in [-0.05, 0) is 31.0 Å². The Morgan fingerprint density at radius 1 is 1.32 bits per heavy atom. The van der Waals surface area contributed by atoms with Crippen molar-refractivity contribution in [2.45, 2.75) is 37.9 Å². The van der Waals surface area contributed by atoms with Gasteiger partial charge in [0.05, 0.1) is 12.7 Å². The summed E-state index contributed by atoms with van der Waals surface area (Å²) in [5, 5.41) is 8.62. The third-order valence-electron chi connectivity index (χ3n) is 4.69. The first-order valence-corrected chi connectivity index (χ1v) is 10.4. The number of thioether (sulfide) groups is 1. The lowest BCUT2D eigenvalue weighted by Gasteiger charge is -2.28. The molecule has 2 heterocycles. The average molecular weight is 402 g/mol. The number of fused-ring (bicyclic) bond motifs is 1. The van der Waals surface area contributed by atoms with Crippen molar-refractivity contribution in [1.82, 2.24) is 14.8 Å². The van der Waals surface area contributed by atoms with Crippen LogP contribution in [0.2, 0.25) is 0 Å². The molecular weight excluding hydrogens is 374 g/mol. The number of unbranched alkanes of at least 4 members (excludes halogenated alkanes) is 1. The molecule has 0 aliphatic carbocycles. The second-order valence-corrected chi connectivity index (χ2v) is 7.97. The van der Waals surface area contributed by atoms with E-state index >= 15 is 0 Å². The number of ether oxygens (including phenoxy) is 1. The third kappa shape index (κ3) is 4.01. The fourth-order valence-corrected chi connectivity index (χ4v) is 4.05. The number of hydrogen-bond acceptors (Lipinski definition) is 7. The first-order valence-electron chi connectivity index (χ1n) is 9.39. The van der Waals surface area contributed by atoms with Gasteiger partial charge in [0, 0.05) is 31.2 Å². The van der Waals surface area contributed by atoms with E-state index in [0.717, 1.165) is 35.5 Å². The van der Waals surface area contributed by atoms with E-state index in [1.54, 1.807) is 16.4 Å². The summed E-state index contributed by atoms with van der Waals surface area (Å²) in [6.45, 7) is 4.03. The molecule has 0 fully saturated rings. The molecule has 1 aliphatic heterocycles. The van der Waals surface area contributed by atoms with Crippen molar-refractivity contribution in [1.29, 1.82) is 0 Å². The minimum absolute atomic E-state index is 0.368. The van der Waals surface area contributed by atoms with Crippen LogP contribution >= 0.6 is 11.8 Å². The maximum absolute atomic E-state index is 12.6. The Morgan fingerprint density at radius 3 is 2.64 bits per heavy atom. The molecule has 0 saturated carbocycles. The molecule has 150 valence electrons. The van der Waals surface area contributed by atoms with E-state index in [4.69, 9.17) is 9.84 Å². The van der Waals surface area contributed by atoms with Crippen LogP contribution in [-0.2, 0) is 9.53 Å². The van der Waals surface area contributed by atoms with Crippen molar-refractivity contribution in [3.63, 3.8) is 0 Å². The van der Waals surface area contributed by atoms with Gasteiger partial charge in [-0.25, -0.2) is 9.48 Å². The number of allylic oxidation sites excluding steroid dienone is 1. The molecule has 0 saturated heterocycles. The van der Waals surface area contributed by atoms with Crippen LogP contribution in [0.1, 0.15) is 38.3 Å². The van der Waals surface area contributed by atoms with Gasteiger partial charge in [-0.1, -0.05) is 37.2 Å². The number of anilines is 2. The van der Waals surface area contributed by atoms with Crippen molar-refractivity contribution in [2.24, 2.45) is 0 Å². The summed E-state index contributed by atoms with van der Waals surface area (Å²) < 4.78 is 6.85. The summed E-state index contributed by atoms with van der Waals surface area (Å²) in [5.74, 6) is 1.25. The number of benzene rings is 1. The van der Waals surface area contributed by atoms with E-state index in [-0.39, 0.29) is 12.0 Å². The van der Waals surface area contributed by atoms with Gasteiger partial charge in [0.15, 0.2) is 0 Å². The van der Waals surface area contributed by atoms with Gasteiger partial charge in [-0.15, -0.1) is 5.10 Å². The van der Waals surface area contributed by atoms with Gasteiger partial charge in [0.2, 0.25) is 11.1 Å². The van der Waals surface area contributed by atoms with Crippen LogP contribution in [-0.4, -0.2) is 47.7 Å². The number of nitrogens with zero attached hydrogens (tertiary/aromatic N) is 4. The van der Waals surface area contributed by atoms with Gasteiger partial charge in [0.25, 0.3) is 0 Å². The smallest absolute Gasteiger partial charge is 0.338 e. The number of carbonyl (C=O) groups is 1. The molecule has 0 radical (unpaired) electrons. The van der Waals surface area contributed by atoms with Crippen LogP contribution in [0.4, 0.5) is 11.6 Å². The molecule has 7 nitrogen and oxygen atoms in total. The van der Waals surface area contributed by atoms with E-state index < -0.39 is 0 Å². The molecule has 1 aromatic heterocycles. The first-order chi connectivity index (χ1) is 13.5. The highest BCUT2D eigenvalue weighted by atomic mass is 32.2. The molecule has 28 heavy (non-hydrogen) atoms. The summed E-state index contributed by atoms with van der Waals surface area (Å²) in [7, 11) is 5.40. The Balaban J connectivity index is 2.03. The number of hydrogen-bond donors (Lipinski definition) is 1. The van der Waals surface area contributed by atoms with E-state index in [1.165, 1.54) is 7.11 Å². The van der Waals surface area contributed by atoms with Gasteiger partial charge >= 0.3 is 5.97 Å². The largest absolute Gasteiger partial charge is 0.466 e. The zero-order chi connectivity index (χ0) is 20.3. The maximum Gasteiger partial charge on any atom is 0.338 e. The number of rotatable bonds is 7. The Morgan fingerprint density at radius 2 is 2.04 bits per heavy atom. The fraction of sp³-hybridized carbons (Fsp3) is 0.450. The molecule has 2 aromatic rings. The minimum Gasteiger partial charge on any atom is -0.466 e. The Kier molecular flexibility index (Phi) is 6.28.